The van der Waals surface area contributed by atoms with Crippen LogP contribution in [0.2, 0.25) is 0 Å². The minimum absolute atomic E-state index is 0.423. The van der Waals surface area contributed by atoms with E-state index in [0.717, 1.165) is 27.2 Å². The van der Waals surface area contributed by atoms with Crippen LogP contribution in [0.3, 0.4) is 0 Å². The van der Waals surface area contributed by atoms with Crippen molar-refractivity contribution in [2.75, 3.05) is 0 Å². The minimum Gasteiger partial charge on any atom is -0.436 e. The van der Waals surface area contributed by atoms with Crippen molar-refractivity contribution in [2.45, 2.75) is 0 Å². The highest BCUT2D eigenvalue weighted by atomic mass is 79.9. The zero-order chi connectivity index (χ0) is 14.8. The molecule has 0 N–H and O–H groups in total. The molecule has 0 saturated heterocycles. The number of rotatable bonds is 3. The Balaban J connectivity index is 1.98. The molecule has 0 amide bonds. The maximum Gasteiger partial charge on any atom is 0.335 e. The molecule has 2 aromatic carbocycles. The molecule has 21 heavy (non-hydrogen) atoms. The van der Waals surface area contributed by atoms with Crippen LogP contribution in [0.5, 0.6) is 5.75 Å². The molecule has 0 atom stereocenters. The summed E-state index contributed by atoms with van der Waals surface area (Å²) in [7, 11) is 0. The molecule has 1 aromatic heterocycles. The molecule has 3 aromatic rings. The first-order chi connectivity index (χ1) is 10.2. The van der Waals surface area contributed by atoms with E-state index in [4.69, 9.17) is 9.15 Å². The van der Waals surface area contributed by atoms with E-state index in [9.17, 15) is 4.79 Å². The van der Waals surface area contributed by atoms with E-state index in [0.29, 0.717) is 11.6 Å². The molecule has 104 valence electrons. The lowest BCUT2D eigenvalue weighted by Gasteiger charge is -2.04. The Morgan fingerprint density at radius 1 is 1.29 bits per heavy atom. The first kappa shape index (κ1) is 13.6. The smallest absolute Gasteiger partial charge is 0.335 e. The SMILES string of the molecule is C=CC(=O)Oc1ccc(-c2nc3ccccc3o2)c(Br)c1. The van der Waals surface area contributed by atoms with Crippen molar-refractivity contribution in [3.05, 3.63) is 59.6 Å². The van der Waals surface area contributed by atoms with Crippen LogP contribution >= 0.6 is 15.9 Å². The van der Waals surface area contributed by atoms with Gasteiger partial charge in [0.15, 0.2) is 5.58 Å². The van der Waals surface area contributed by atoms with E-state index in [1.807, 2.05) is 24.3 Å². The molecule has 5 heteroatoms. The molecular weight excluding hydrogens is 334 g/mol. The van der Waals surface area contributed by atoms with Gasteiger partial charge in [-0.25, -0.2) is 9.78 Å². The molecule has 0 saturated carbocycles. The van der Waals surface area contributed by atoms with Gasteiger partial charge >= 0.3 is 5.97 Å². The second-order valence-corrected chi connectivity index (χ2v) is 5.11. The number of ether oxygens (including phenoxy) is 1. The van der Waals surface area contributed by atoms with Gasteiger partial charge in [0, 0.05) is 10.5 Å². The zero-order valence-corrected chi connectivity index (χ0v) is 12.5. The molecule has 0 fully saturated rings. The van der Waals surface area contributed by atoms with Crippen molar-refractivity contribution in [2.24, 2.45) is 0 Å². The maximum atomic E-state index is 11.2. The Morgan fingerprint density at radius 3 is 2.81 bits per heavy atom. The summed E-state index contributed by atoms with van der Waals surface area (Å²) in [5.41, 5.74) is 2.30. The topological polar surface area (TPSA) is 52.3 Å². The van der Waals surface area contributed by atoms with Crippen molar-refractivity contribution >= 4 is 33.0 Å². The van der Waals surface area contributed by atoms with Crippen molar-refractivity contribution in [3.63, 3.8) is 0 Å². The van der Waals surface area contributed by atoms with Gasteiger partial charge in [-0.1, -0.05) is 18.7 Å². The fourth-order valence-electron chi connectivity index (χ4n) is 1.88. The van der Waals surface area contributed by atoms with E-state index in [1.165, 1.54) is 0 Å². The summed E-state index contributed by atoms with van der Waals surface area (Å²) >= 11 is 3.44. The van der Waals surface area contributed by atoms with Crippen molar-refractivity contribution in [3.8, 4) is 17.2 Å². The van der Waals surface area contributed by atoms with Gasteiger partial charge in [-0.05, 0) is 46.3 Å². The van der Waals surface area contributed by atoms with Gasteiger partial charge in [0.2, 0.25) is 5.89 Å². The first-order valence-electron chi connectivity index (χ1n) is 6.17. The van der Waals surface area contributed by atoms with Crippen LogP contribution < -0.4 is 4.74 Å². The van der Waals surface area contributed by atoms with Crippen molar-refractivity contribution in [1.82, 2.24) is 4.98 Å². The summed E-state index contributed by atoms with van der Waals surface area (Å²) in [5, 5.41) is 0. The second kappa shape index (κ2) is 5.54. The molecule has 0 radical (unpaired) electrons. The number of hydrogen-bond donors (Lipinski definition) is 0. The average Bonchev–Trinajstić information content (AvgIpc) is 2.90. The Kier molecular flexibility index (Phi) is 3.58. The monoisotopic (exact) mass is 343 g/mol. The number of carbonyl (C=O) groups excluding carboxylic acids is 1. The van der Waals surface area contributed by atoms with Crippen molar-refractivity contribution < 1.29 is 13.9 Å². The van der Waals surface area contributed by atoms with Crippen LogP contribution in [-0.2, 0) is 4.79 Å². The number of para-hydroxylation sites is 2. The molecule has 1 heterocycles. The third kappa shape index (κ3) is 2.73. The largest absolute Gasteiger partial charge is 0.436 e. The van der Waals surface area contributed by atoms with E-state index in [1.54, 1.807) is 18.2 Å². The van der Waals surface area contributed by atoms with Gasteiger partial charge in [0.1, 0.15) is 11.3 Å². The summed E-state index contributed by atoms with van der Waals surface area (Å²) in [6, 6.07) is 12.7. The lowest BCUT2D eigenvalue weighted by atomic mass is 10.2. The average molecular weight is 344 g/mol. The molecule has 0 aliphatic heterocycles. The number of carbonyl (C=O) groups is 1. The quantitative estimate of drug-likeness (QED) is 0.403. The fourth-order valence-corrected chi connectivity index (χ4v) is 2.41. The third-order valence-electron chi connectivity index (χ3n) is 2.85. The molecule has 0 aliphatic rings. The third-order valence-corrected chi connectivity index (χ3v) is 3.51. The van der Waals surface area contributed by atoms with Gasteiger partial charge in [0.05, 0.1) is 5.56 Å². The minimum atomic E-state index is -0.503. The molecule has 4 nitrogen and oxygen atoms in total. The van der Waals surface area contributed by atoms with Crippen LogP contribution in [0.15, 0.2) is 64.0 Å². The number of fused-ring (bicyclic) bond motifs is 1. The number of benzene rings is 2. The highest BCUT2D eigenvalue weighted by molar-refractivity contribution is 9.10. The predicted molar refractivity (Wildman–Crippen MR) is 83.0 cm³/mol. The second-order valence-electron chi connectivity index (χ2n) is 4.25. The summed E-state index contributed by atoms with van der Waals surface area (Å²) in [6.07, 6.45) is 1.11. The van der Waals surface area contributed by atoms with Gasteiger partial charge in [-0.15, -0.1) is 0 Å². The number of halogens is 1. The Bertz CT molecular complexity index is 805. The summed E-state index contributed by atoms with van der Waals surface area (Å²) in [4.78, 5) is 15.6. The number of hydrogen-bond acceptors (Lipinski definition) is 4. The molecule has 0 unspecified atom stereocenters. The normalized spacial score (nSPS) is 10.5. The lowest BCUT2D eigenvalue weighted by Crippen LogP contribution is -2.02. The number of esters is 1. The Hall–Kier alpha value is -2.40. The van der Waals surface area contributed by atoms with Crippen LogP contribution in [0, 0.1) is 0 Å². The van der Waals surface area contributed by atoms with Gasteiger partial charge in [-0.3, -0.25) is 0 Å². The molecule has 0 bridgehead atoms. The highest BCUT2D eigenvalue weighted by Gasteiger charge is 2.12. The Morgan fingerprint density at radius 2 is 2.10 bits per heavy atom. The van der Waals surface area contributed by atoms with Gasteiger partial charge in [-0.2, -0.15) is 0 Å². The van der Waals surface area contributed by atoms with Crippen LogP contribution in [-0.4, -0.2) is 11.0 Å². The van der Waals surface area contributed by atoms with Crippen LogP contribution in [0.25, 0.3) is 22.6 Å². The van der Waals surface area contributed by atoms with Gasteiger partial charge < -0.3 is 9.15 Å². The molecular formula is C16H10BrNO3. The molecule has 0 aliphatic carbocycles. The summed E-state index contributed by atoms with van der Waals surface area (Å²) in [6.45, 7) is 3.36. The predicted octanol–water partition coefficient (Wildman–Crippen LogP) is 4.35. The number of oxazole rings is 1. The van der Waals surface area contributed by atoms with Crippen LogP contribution in [0.4, 0.5) is 0 Å². The highest BCUT2D eigenvalue weighted by Crippen LogP contribution is 2.32. The van der Waals surface area contributed by atoms with Crippen molar-refractivity contribution in [1.29, 1.82) is 0 Å². The maximum absolute atomic E-state index is 11.2. The first-order valence-corrected chi connectivity index (χ1v) is 6.96. The van der Waals surface area contributed by atoms with Gasteiger partial charge in [0.25, 0.3) is 0 Å². The molecule has 3 rings (SSSR count). The van der Waals surface area contributed by atoms with E-state index < -0.39 is 5.97 Å². The number of nitrogens with zero attached hydrogens (tertiary/aromatic N) is 1. The van der Waals surface area contributed by atoms with E-state index >= 15 is 0 Å². The summed E-state index contributed by atoms with van der Waals surface area (Å²) < 4.78 is 11.5. The van der Waals surface area contributed by atoms with Crippen LogP contribution in [0.1, 0.15) is 0 Å². The van der Waals surface area contributed by atoms with E-state index in [-0.39, 0.29) is 0 Å². The summed E-state index contributed by atoms with van der Waals surface area (Å²) in [5.74, 6) is 0.424. The number of aromatic nitrogens is 1. The fraction of sp³-hybridized carbons (Fsp3) is 0. The zero-order valence-electron chi connectivity index (χ0n) is 10.9. The van der Waals surface area contributed by atoms with E-state index in [2.05, 4.69) is 27.5 Å². The lowest BCUT2D eigenvalue weighted by molar-refractivity contribution is -0.128. The Labute approximate surface area is 129 Å². The molecule has 0 spiro atoms. The standard InChI is InChI=1S/C16H10BrNO3/c1-2-15(19)20-10-7-8-11(12(17)9-10)16-18-13-5-3-4-6-14(13)21-16/h2-9H,1H2.